The van der Waals surface area contributed by atoms with Crippen molar-refractivity contribution in [3.8, 4) is 6.07 Å². The second-order valence-electron chi connectivity index (χ2n) is 6.01. The van der Waals surface area contributed by atoms with Gasteiger partial charge in [-0.05, 0) is 43.3 Å². The van der Waals surface area contributed by atoms with Crippen LogP contribution in [-0.2, 0) is 4.74 Å². The summed E-state index contributed by atoms with van der Waals surface area (Å²) in [6.07, 6.45) is 0. The van der Waals surface area contributed by atoms with E-state index in [0.717, 1.165) is 24.6 Å². The Morgan fingerprint density at radius 2 is 1.96 bits per heavy atom. The lowest BCUT2D eigenvalue weighted by Gasteiger charge is -2.33. The molecule has 1 N–H and O–H groups in total. The predicted octanol–water partition coefficient (Wildman–Crippen LogP) is 2.26. The van der Waals surface area contributed by atoms with Gasteiger partial charge < -0.3 is 14.5 Å². The number of carbonyl (C=O) groups excluding carboxylic acids is 1. The number of aryl methyl sites for hydroxylation is 1. The summed E-state index contributed by atoms with van der Waals surface area (Å²) in [6, 6.07) is 12.5. The number of furan rings is 1. The van der Waals surface area contributed by atoms with Crippen molar-refractivity contribution in [3.05, 3.63) is 59.0 Å². The molecule has 1 aliphatic heterocycles. The molecule has 1 fully saturated rings. The molecule has 0 bridgehead atoms. The summed E-state index contributed by atoms with van der Waals surface area (Å²) in [5, 5.41) is 11.8. The van der Waals surface area contributed by atoms with Crippen LogP contribution in [0.5, 0.6) is 0 Å². The molecule has 1 aromatic carbocycles. The first-order valence-electron chi connectivity index (χ1n) is 8.34. The molecular weight excluding hydrogens is 318 g/mol. The van der Waals surface area contributed by atoms with E-state index in [-0.39, 0.29) is 11.9 Å². The average molecular weight is 339 g/mol. The molecule has 1 saturated heterocycles. The number of morpholine rings is 1. The smallest absolute Gasteiger partial charge is 0.251 e. The molecule has 130 valence electrons. The lowest BCUT2D eigenvalue weighted by molar-refractivity contribution is 0.0117. The first-order valence-corrected chi connectivity index (χ1v) is 8.34. The van der Waals surface area contributed by atoms with Crippen LogP contribution in [0.1, 0.15) is 33.5 Å². The SMILES string of the molecule is Cc1ccc(C(CNC(=O)c2ccc(C#N)cc2)N2CCOCC2)o1. The fourth-order valence-corrected chi connectivity index (χ4v) is 2.92. The van der Waals surface area contributed by atoms with Gasteiger partial charge in [-0.3, -0.25) is 9.69 Å². The van der Waals surface area contributed by atoms with E-state index in [1.165, 1.54) is 0 Å². The van der Waals surface area contributed by atoms with E-state index < -0.39 is 0 Å². The van der Waals surface area contributed by atoms with Crippen LogP contribution in [0, 0.1) is 18.3 Å². The topological polar surface area (TPSA) is 78.5 Å². The summed E-state index contributed by atoms with van der Waals surface area (Å²) in [4.78, 5) is 14.7. The monoisotopic (exact) mass is 339 g/mol. The molecule has 1 aromatic heterocycles. The molecule has 6 nitrogen and oxygen atoms in total. The minimum Gasteiger partial charge on any atom is -0.465 e. The van der Waals surface area contributed by atoms with Gasteiger partial charge in [0.25, 0.3) is 5.91 Å². The maximum Gasteiger partial charge on any atom is 0.251 e. The van der Waals surface area contributed by atoms with Gasteiger partial charge in [-0.1, -0.05) is 0 Å². The van der Waals surface area contributed by atoms with Gasteiger partial charge in [0.2, 0.25) is 0 Å². The second-order valence-corrected chi connectivity index (χ2v) is 6.01. The van der Waals surface area contributed by atoms with Gasteiger partial charge in [-0.15, -0.1) is 0 Å². The minimum atomic E-state index is -0.161. The van der Waals surface area contributed by atoms with E-state index in [9.17, 15) is 4.79 Å². The summed E-state index contributed by atoms with van der Waals surface area (Å²) < 4.78 is 11.2. The van der Waals surface area contributed by atoms with Crippen LogP contribution >= 0.6 is 0 Å². The van der Waals surface area contributed by atoms with Crippen LogP contribution in [0.4, 0.5) is 0 Å². The van der Waals surface area contributed by atoms with E-state index in [1.54, 1.807) is 24.3 Å². The van der Waals surface area contributed by atoms with Gasteiger partial charge in [-0.25, -0.2) is 0 Å². The Bertz CT molecular complexity index is 755. The zero-order valence-electron chi connectivity index (χ0n) is 14.2. The number of nitrogens with one attached hydrogen (secondary N) is 1. The zero-order valence-corrected chi connectivity index (χ0v) is 14.2. The Morgan fingerprint density at radius 3 is 2.56 bits per heavy atom. The Hall–Kier alpha value is -2.62. The molecule has 0 aliphatic carbocycles. The lowest BCUT2D eigenvalue weighted by Crippen LogP contribution is -2.43. The maximum atomic E-state index is 12.4. The maximum absolute atomic E-state index is 12.4. The first-order chi connectivity index (χ1) is 12.2. The first kappa shape index (κ1) is 17.2. The largest absolute Gasteiger partial charge is 0.465 e. The highest BCUT2D eigenvalue weighted by atomic mass is 16.5. The number of ether oxygens (including phenoxy) is 1. The quantitative estimate of drug-likeness (QED) is 0.904. The standard InChI is InChI=1S/C19H21N3O3/c1-14-2-7-18(25-14)17(22-8-10-24-11-9-22)13-21-19(23)16-5-3-15(12-20)4-6-16/h2-7,17H,8-11,13H2,1H3,(H,21,23). The van der Waals surface area contributed by atoms with Crippen LogP contribution in [0.3, 0.4) is 0 Å². The third-order valence-corrected chi connectivity index (χ3v) is 4.31. The summed E-state index contributed by atoms with van der Waals surface area (Å²) >= 11 is 0. The van der Waals surface area contributed by atoms with Crippen LogP contribution in [0.2, 0.25) is 0 Å². The molecule has 1 atom stereocenters. The Kier molecular flexibility index (Phi) is 5.49. The highest BCUT2D eigenvalue weighted by molar-refractivity contribution is 5.94. The Labute approximate surface area is 147 Å². The summed E-state index contributed by atoms with van der Waals surface area (Å²) in [5.74, 6) is 1.54. The van der Waals surface area contributed by atoms with Gasteiger partial charge in [0, 0.05) is 25.2 Å². The number of carbonyl (C=O) groups is 1. The summed E-state index contributed by atoms with van der Waals surface area (Å²) in [5.41, 5.74) is 1.07. The van der Waals surface area contributed by atoms with E-state index in [4.69, 9.17) is 14.4 Å². The third kappa shape index (κ3) is 4.27. The molecule has 0 radical (unpaired) electrons. The van der Waals surface area contributed by atoms with Gasteiger partial charge >= 0.3 is 0 Å². The second kappa shape index (κ2) is 7.97. The molecular formula is C19H21N3O3. The number of nitrogens with zero attached hydrogens (tertiary/aromatic N) is 2. The van der Waals surface area contributed by atoms with Gasteiger partial charge in [-0.2, -0.15) is 5.26 Å². The molecule has 1 aliphatic rings. The van der Waals surface area contributed by atoms with Crippen molar-refractivity contribution in [2.45, 2.75) is 13.0 Å². The Morgan fingerprint density at radius 1 is 1.24 bits per heavy atom. The zero-order chi connectivity index (χ0) is 17.6. The van der Waals surface area contributed by atoms with E-state index in [0.29, 0.717) is 30.9 Å². The molecule has 1 amide bonds. The minimum absolute atomic E-state index is 0.0278. The van der Waals surface area contributed by atoms with E-state index in [2.05, 4.69) is 10.2 Å². The van der Waals surface area contributed by atoms with Gasteiger partial charge in [0.05, 0.1) is 30.9 Å². The van der Waals surface area contributed by atoms with E-state index >= 15 is 0 Å². The van der Waals surface area contributed by atoms with Crippen LogP contribution in [0.25, 0.3) is 0 Å². The number of hydrogen-bond donors (Lipinski definition) is 1. The van der Waals surface area contributed by atoms with Crippen molar-refractivity contribution in [1.29, 1.82) is 5.26 Å². The number of benzene rings is 1. The molecule has 25 heavy (non-hydrogen) atoms. The predicted molar refractivity (Wildman–Crippen MR) is 92.1 cm³/mol. The molecule has 6 heteroatoms. The number of rotatable bonds is 5. The van der Waals surface area contributed by atoms with Crippen molar-refractivity contribution < 1.29 is 13.9 Å². The highest BCUT2D eigenvalue weighted by Crippen LogP contribution is 2.23. The van der Waals surface area contributed by atoms with Crippen molar-refractivity contribution in [2.24, 2.45) is 0 Å². The van der Waals surface area contributed by atoms with Crippen molar-refractivity contribution >= 4 is 5.91 Å². The van der Waals surface area contributed by atoms with Crippen LogP contribution in [-0.4, -0.2) is 43.7 Å². The average Bonchev–Trinajstić information content (AvgIpc) is 3.09. The molecule has 2 heterocycles. The molecule has 0 spiro atoms. The third-order valence-electron chi connectivity index (χ3n) is 4.31. The molecule has 0 saturated carbocycles. The van der Waals surface area contributed by atoms with Crippen molar-refractivity contribution in [3.63, 3.8) is 0 Å². The molecule has 2 aromatic rings. The summed E-state index contributed by atoms with van der Waals surface area (Å²) in [7, 11) is 0. The molecule has 1 unspecified atom stereocenters. The van der Waals surface area contributed by atoms with Gasteiger partial charge in [0.15, 0.2) is 0 Å². The van der Waals surface area contributed by atoms with Gasteiger partial charge in [0.1, 0.15) is 11.5 Å². The van der Waals surface area contributed by atoms with Crippen LogP contribution < -0.4 is 5.32 Å². The Balaban J connectivity index is 1.69. The number of nitriles is 1. The fraction of sp³-hybridized carbons (Fsp3) is 0.368. The summed E-state index contributed by atoms with van der Waals surface area (Å²) in [6.45, 7) is 5.33. The highest BCUT2D eigenvalue weighted by Gasteiger charge is 2.25. The van der Waals surface area contributed by atoms with Crippen molar-refractivity contribution in [1.82, 2.24) is 10.2 Å². The molecule has 3 rings (SSSR count). The fourth-order valence-electron chi connectivity index (χ4n) is 2.92. The lowest BCUT2D eigenvalue weighted by atomic mass is 10.1. The number of hydrogen-bond acceptors (Lipinski definition) is 5. The number of amides is 1. The van der Waals surface area contributed by atoms with Crippen molar-refractivity contribution in [2.75, 3.05) is 32.8 Å². The van der Waals surface area contributed by atoms with E-state index in [1.807, 2.05) is 25.1 Å². The normalized spacial score (nSPS) is 16.2. The van der Waals surface area contributed by atoms with Crippen LogP contribution in [0.15, 0.2) is 40.8 Å².